The third-order valence-corrected chi connectivity index (χ3v) is 4.96. The first-order chi connectivity index (χ1) is 8.11. The molecule has 0 amide bonds. The van der Waals surface area contributed by atoms with Gasteiger partial charge in [-0.1, -0.05) is 35.8 Å². The van der Waals surface area contributed by atoms with E-state index in [2.05, 4.69) is 68.8 Å². The maximum absolute atomic E-state index is 3.69. The SMILES string of the molecule is CC(C)C1CCN(c2ccc(CBr)cc2Br)C1. The van der Waals surface area contributed by atoms with Crippen LogP contribution in [0.5, 0.6) is 0 Å². The van der Waals surface area contributed by atoms with Crippen LogP contribution in [0, 0.1) is 11.8 Å². The zero-order chi connectivity index (χ0) is 12.4. The predicted octanol–water partition coefficient (Wildman–Crippen LogP) is 4.83. The van der Waals surface area contributed by atoms with E-state index in [4.69, 9.17) is 0 Å². The third-order valence-electron chi connectivity index (χ3n) is 3.67. The highest BCUT2D eigenvalue weighted by Gasteiger charge is 2.25. The first-order valence-electron chi connectivity index (χ1n) is 6.21. The second kappa shape index (κ2) is 5.75. The average Bonchev–Trinajstić information content (AvgIpc) is 2.78. The van der Waals surface area contributed by atoms with E-state index in [0.717, 1.165) is 17.2 Å². The first-order valence-corrected chi connectivity index (χ1v) is 8.12. The van der Waals surface area contributed by atoms with Crippen LogP contribution in [0.1, 0.15) is 25.8 Å². The Hall–Kier alpha value is -0.0200. The molecule has 2 rings (SSSR count). The summed E-state index contributed by atoms with van der Waals surface area (Å²) in [5.74, 6) is 1.64. The lowest BCUT2D eigenvalue weighted by molar-refractivity contribution is 0.423. The van der Waals surface area contributed by atoms with Gasteiger partial charge in [0.05, 0.1) is 5.69 Å². The number of anilines is 1. The molecule has 1 aliphatic heterocycles. The number of nitrogens with zero attached hydrogens (tertiary/aromatic N) is 1. The molecule has 0 spiro atoms. The van der Waals surface area contributed by atoms with Crippen molar-refractivity contribution in [1.29, 1.82) is 0 Å². The second-order valence-electron chi connectivity index (χ2n) is 5.16. The molecule has 0 radical (unpaired) electrons. The Bertz CT molecular complexity index is 390. The number of hydrogen-bond acceptors (Lipinski definition) is 1. The van der Waals surface area contributed by atoms with Crippen molar-refractivity contribution in [2.45, 2.75) is 25.6 Å². The highest BCUT2D eigenvalue weighted by atomic mass is 79.9. The number of hydrogen-bond donors (Lipinski definition) is 0. The maximum atomic E-state index is 3.69. The van der Waals surface area contributed by atoms with Crippen LogP contribution in [0.2, 0.25) is 0 Å². The fourth-order valence-electron chi connectivity index (χ4n) is 2.44. The van der Waals surface area contributed by atoms with Crippen LogP contribution in [0.25, 0.3) is 0 Å². The van der Waals surface area contributed by atoms with Crippen molar-refractivity contribution in [3.05, 3.63) is 28.2 Å². The minimum Gasteiger partial charge on any atom is -0.370 e. The lowest BCUT2D eigenvalue weighted by Gasteiger charge is -2.21. The van der Waals surface area contributed by atoms with Gasteiger partial charge in [0.15, 0.2) is 0 Å². The smallest absolute Gasteiger partial charge is 0.0510 e. The number of benzene rings is 1. The van der Waals surface area contributed by atoms with Crippen molar-refractivity contribution in [1.82, 2.24) is 0 Å². The monoisotopic (exact) mass is 359 g/mol. The summed E-state index contributed by atoms with van der Waals surface area (Å²) >= 11 is 7.19. The normalized spacial score (nSPS) is 20.3. The number of alkyl halides is 1. The van der Waals surface area contributed by atoms with Gasteiger partial charge >= 0.3 is 0 Å². The zero-order valence-electron chi connectivity index (χ0n) is 10.4. The fraction of sp³-hybridized carbons (Fsp3) is 0.571. The topological polar surface area (TPSA) is 3.24 Å². The zero-order valence-corrected chi connectivity index (χ0v) is 13.6. The van der Waals surface area contributed by atoms with Crippen LogP contribution < -0.4 is 4.90 Å². The standard InChI is InChI=1S/C14H19Br2N/c1-10(2)12-5-6-17(9-12)14-4-3-11(8-15)7-13(14)16/h3-4,7,10,12H,5-6,8-9H2,1-2H3. The lowest BCUT2D eigenvalue weighted by atomic mass is 9.95. The van der Waals surface area contributed by atoms with Crippen molar-refractivity contribution < 1.29 is 0 Å². The van der Waals surface area contributed by atoms with Gasteiger partial charge in [-0.15, -0.1) is 0 Å². The second-order valence-corrected chi connectivity index (χ2v) is 6.57. The minimum absolute atomic E-state index is 0.792. The molecule has 0 bridgehead atoms. The first kappa shape index (κ1) is 13.4. The van der Waals surface area contributed by atoms with Gasteiger partial charge in [-0.05, 0) is 51.9 Å². The molecule has 1 aromatic carbocycles. The summed E-state index contributed by atoms with van der Waals surface area (Å²) in [6.07, 6.45) is 1.32. The van der Waals surface area contributed by atoms with E-state index in [1.807, 2.05) is 0 Å². The van der Waals surface area contributed by atoms with Crippen LogP contribution in [-0.4, -0.2) is 13.1 Å². The lowest BCUT2D eigenvalue weighted by Crippen LogP contribution is -2.21. The van der Waals surface area contributed by atoms with Gasteiger partial charge in [-0.3, -0.25) is 0 Å². The molecule has 3 heteroatoms. The molecule has 17 heavy (non-hydrogen) atoms. The molecule has 0 saturated carbocycles. The van der Waals surface area contributed by atoms with E-state index in [-0.39, 0.29) is 0 Å². The van der Waals surface area contributed by atoms with Gasteiger partial charge in [0.1, 0.15) is 0 Å². The van der Waals surface area contributed by atoms with Crippen LogP contribution in [0.4, 0.5) is 5.69 Å². The van der Waals surface area contributed by atoms with E-state index < -0.39 is 0 Å². The number of halogens is 2. The van der Waals surface area contributed by atoms with Crippen LogP contribution in [0.3, 0.4) is 0 Å². The Balaban J connectivity index is 2.13. The van der Waals surface area contributed by atoms with Crippen molar-refractivity contribution >= 4 is 37.5 Å². The highest BCUT2D eigenvalue weighted by Crippen LogP contribution is 2.33. The molecule has 1 aliphatic rings. The summed E-state index contributed by atoms with van der Waals surface area (Å²) in [5.41, 5.74) is 2.66. The van der Waals surface area contributed by atoms with E-state index in [9.17, 15) is 0 Å². The van der Waals surface area contributed by atoms with Crippen LogP contribution in [0.15, 0.2) is 22.7 Å². The summed E-state index contributed by atoms with van der Waals surface area (Å²) in [7, 11) is 0. The molecule has 1 atom stereocenters. The summed E-state index contributed by atoms with van der Waals surface area (Å²) < 4.78 is 1.22. The largest absolute Gasteiger partial charge is 0.370 e. The van der Waals surface area contributed by atoms with Crippen molar-refractivity contribution in [3.8, 4) is 0 Å². The summed E-state index contributed by atoms with van der Waals surface area (Å²) in [6.45, 7) is 7.05. The van der Waals surface area contributed by atoms with E-state index in [0.29, 0.717) is 0 Å². The Labute approximate surface area is 121 Å². The molecule has 1 aromatic rings. The Morgan fingerprint density at radius 3 is 2.71 bits per heavy atom. The van der Waals surface area contributed by atoms with E-state index in [1.54, 1.807) is 0 Å². The van der Waals surface area contributed by atoms with Gasteiger partial charge in [0.2, 0.25) is 0 Å². The van der Waals surface area contributed by atoms with E-state index >= 15 is 0 Å². The van der Waals surface area contributed by atoms with Crippen molar-refractivity contribution in [2.75, 3.05) is 18.0 Å². The number of rotatable bonds is 3. The van der Waals surface area contributed by atoms with Gasteiger partial charge in [0.25, 0.3) is 0 Å². The fourth-order valence-corrected chi connectivity index (χ4v) is 3.47. The minimum atomic E-state index is 0.792. The highest BCUT2D eigenvalue weighted by molar-refractivity contribution is 9.10. The molecular weight excluding hydrogens is 342 g/mol. The van der Waals surface area contributed by atoms with Crippen LogP contribution >= 0.6 is 31.9 Å². The van der Waals surface area contributed by atoms with Gasteiger partial charge < -0.3 is 4.90 Å². The molecule has 0 N–H and O–H groups in total. The Kier molecular flexibility index (Phi) is 4.53. The molecule has 1 saturated heterocycles. The van der Waals surface area contributed by atoms with Crippen molar-refractivity contribution in [3.63, 3.8) is 0 Å². The van der Waals surface area contributed by atoms with E-state index in [1.165, 1.54) is 35.2 Å². The summed E-state index contributed by atoms with van der Waals surface area (Å²) in [5, 5.41) is 0.917. The van der Waals surface area contributed by atoms with Gasteiger partial charge in [-0.2, -0.15) is 0 Å². The summed E-state index contributed by atoms with van der Waals surface area (Å²) in [6, 6.07) is 6.66. The maximum Gasteiger partial charge on any atom is 0.0510 e. The summed E-state index contributed by atoms with van der Waals surface area (Å²) in [4.78, 5) is 2.51. The molecule has 94 valence electrons. The van der Waals surface area contributed by atoms with Gasteiger partial charge in [0, 0.05) is 22.9 Å². The van der Waals surface area contributed by atoms with Gasteiger partial charge in [-0.25, -0.2) is 0 Å². The molecule has 0 aliphatic carbocycles. The molecule has 0 aromatic heterocycles. The van der Waals surface area contributed by atoms with Crippen LogP contribution in [-0.2, 0) is 5.33 Å². The Morgan fingerprint density at radius 1 is 1.41 bits per heavy atom. The van der Waals surface area contributed by atoms with Crippen molar-refractivity contribution in [2.24, 2.45) is 11.8 Å². The molecule has 1 unspecified atom stereocenters. The quantitative estimate of drug-likeness (QED) is 0.698. The third kappa shape index (κ3) is 3.05. The molecule has 1 fully saturated rings. The average molecular weight is 361 g/mol. The predicted molar refractivity (Wildman–Crippen MR) is 81.9 cm³/mol. The molecular formula is C14H19Br2N. The molecule has 1 nitrogen and oxygen atoms in total. The Morgan fingerprint density at radius 2 is 2.18 bits per heavy atom. The molecule has 1 heterocycles.